The molecule has 0 aliphatic carbocycles. The zero-order chi connectivity index (χ0) is 13.8. The Morgan fingerprint density at radius 2 is 2.05 bits per heavy atom. The second-order valence-electron chi connectivity index (χ2n) is 3.84. The fourth-order valence-electron chi connectivity index (χ4n) is 1.39. The first kappa shape index (κ1) is 13.1. The van der Waals surface area contributed by atoms with E-state index in [9.17, 15) is 4.79 Å². The Balaban J connectivity index is 2.12. The average molecular weight is 273 g/mol. The van der Waals surface area contributed by atoms with Gasteiger partial charge in [0.05, 0.1) is 11.6 Å². The van der Waals surface area contributed by atoms with E-state index in [1.807, 2.05) is 12.1 Å². The molecule has 0 unspecified atom stereocenters. The van der Waals surface area contributed by atoms with Crippen LogP contribution in [-0.4, -0.2) is 14.9 Å². The van der Waals surface area contributed by atoms with Gasteiger partial charge in [0, 0.05) is 5.75 Å². The number of rotatable bonds is 3. The SMILES string of the molecule is Cc1nnc(SCc2ccc(C#N)cc2)n(N)c1=O. The highest BCUT2D eigenvalue weighted by Crippen LogP contribution is 2.18. The molecular weight excluding hydrogens is 262 g/mol. The van der Waals surface area contributed by atoms with Crippen LogP contribution in [0.4, 0.5) is 0 Å². The summed E-state index contributed by atoms with van der Waals surface area (Å²) in [6, 6.07) is 9.25. The summed E-state index contributed by atoms with van der Waals surface area (Å²) in [5.41, 5.74) is 1.54. The molecule has 0 radical (unpaired) electrons. The number of thioether (sulfide) groups is 1. The Morgan fingerprint density at radius 1 is 1.37 bits per heavy atom. The van der Waals surface area contributed by atoms with Gasteiger partial charge in [-0.1, -0.05) is 23.9 Å². The van der Waals surface area contributed by atoms with Crippen LogP contribution in [0.15, 0.2) is 34.2 Å². The van der Waals surface area contributed by atoms with Crippen molar-refractivity contribution in [2.45, 2.75) is 17.8 Å². The Morgan fingerprint density at radius 3 is 2.68 bits per heavy atom. The van der Waals surface area contributed by atoms with Gasteiger partial charge in [0.15, 0.2) is 0 Å². The molecule has 1 aromatic heterocycles. The van der Waals surface area contributed by atoms with Gasteiger partial charge >= 0.3 is 0 Å². The number of nitrogen functional groups attached to an aromatic ring is 1. The molecule has 0 bridgehead atoms. The van der Waals surface area contributed by atoms with Crippen molar-refractivity contribution in [3.05, 3.63) is 51.4 Å². The topological polar surface area (TPSA) is 97.6 Å². The van der Waals surface area contributed by atoms with Crippen molar-refractivity contribution in [2.24, 2.45) is 0 Å². The zero-order valence-electron chi connectivity index (χ0n) is 10.2. The van der Waals surface area contributed by atoms with E-state index in [-0.39, 0.29) is 11.3 Å². The van der Waals surface area contributed by atoms with Crippen molar-refractivity contribution in [1.82, 2.24) is 14.9 Å². The predicted octanol–water partition coefficient (Wildman–Crippen LogP) is 0.824. The number of hydrogen-bond donors (Lipinski definition) is 1. The number of nitriles is 1. The number of aryl methyl sites for hydroxylation is 1. The second-order valence-corrected chi connectivity index (χ2v) is 4.78. The van der Waals surface area contributed by atoms with E-state index >= 15 is 0 Å². The van der Waals surface area contributed by atoms with Gasteiger partial charge in [-0.05, 0) is 24.6 Å². The number of benzene rings is 1. The van der Waals surface area contributed by atoms with Crippen molar-refractivity contribution >= 4 is 11.8 Å². The van der Waals surface area contributed by atoms with Gasteiger partial charge in [-0.3, -0.25) is 4.79 Å². The van der Waals surface area contributed by atoms with Crippen LogP contribution in [0.25, 0.3) is 0 Å². The third kappa shape index (κ3) is 2.92. The van der Waals surface area contributed by atoms with Crippen LogP contribution < -0.4 is 11.4 Å². The zero-order valence-corrected chi connectivity index (χ0v) is 11.0. The third-order valence-corrected chi connectivity index (χ3v) is 3.49. The summed E-state index contributed by atoms with van der Waals surface area (Å²) >= 11 is 1.32. The van der Waals surface area contributed by atoms with Crippen LogP contribution in [0.2, 0.25) is 0 Å². The summed E-state index contributed by atoms with van der Waals surface area (Å²) in [6.07, 6.45) is 0. The third-order valence-electron chi connectivity index (χ3n) is 2.47. The van der Waals surface area contributed by atoms with Crippen LogP contribution in [0.1, 0.15) is 16.8 Å². The lowest BCUT2D eigenvalue weighted by molar-refractivity contribution is 0.681. The van der Waals surface area contributed by atoms with Crippen molar-refractivity contribution in [3.63, 3.8) is 0 Å². The fraction of sp³-hybridized carbons (Fsp3) is 0.167. The smallest absolute Gasteiger partial charge is 0.294 e. The van der Waals surface area contributed by atoms with Crippen LogP contribution in [0.5, 0.6) is 0 Å². The summed E-state index contributed by atoms with van der Waals surface area (Å²) in [4.78, 5) is 11.6. The molecule has 0 fully saturated rings. The van der Waals surface area contributed by atoms with Gasteiger partial charge in [0.1, 0.15) is 5.69 Å². The average Bonchev–Trinajstić information content (AvgIpc) is 2.45. The van der Waals surface area contributed by atoms with E-state index in [1.165, 1.54) is 11.8 Å². The molecule has 19 heavy (non-hydrogen) atoms. The molecule has 6 nitrogen and oxygen atoms in total. The summed E-state index contributed by atoms with van der Waals surface area (Å²) in [5.74, 6) is 6.23. The largest absolute Gasteiger partial charge is 0.334 e. The first-order valence-corrected chi connectivity index (χ1v) is 6.43. The van der Waals surface area contributed by atoms with Gasteiger partial charge < -0.3 is 5.84 Å². The predicted molar refractivity (Wildman–Crippen MR) is 71.9 cm³/mol. The number of hydrogen-bond acceptors (Lipinski definition) is 6. The minimum absolute atomic E-state index is 0.269. The Labute approximate surface area is 113 Å². The first-order chi connectivity index (χ1) is 9.11. The maximum atomic E-state index is 11.6. The van der Waals surface area contributed by atoms with Crippen LogP contribution >= 0.6 is 11.8 Å². The highest BCUT2D eigenvalue weighted by molar-refractivity contribution is 7.98. The Bertz CT molecular complexity index is 687. The molecule has 0 amide bonds. The fourth-order valence-corrected chi connectivity index (χ4v) is 2.20. The van der Waals surface area contributed by atoms with Crippen molar-refractivity contribution in [2.75, 3.05) is 5.84 Å². The molecule has 2 rings (SSSR count). The molecule has 2 N–H and O–H groups in total. The van der Waals surface area contributed by atoms with E-state index in [0.29, 0.717) is 16.5 Å². The molecule has 0 atom stereocenters. The Hall–Kier alpha value is -2.33. The minimum atomic E-state index is -0.350. The van der Waals surface area contributed by atoms with Gasteiger partial charge in [0.25, 0.3) is 5.56 Å². The van der Waals surface area contributed by atoms with E-state index < -0.39 is 0 Å². The van der Waals surface area contributed by atoms with Crippen molar-refractivity contribution in [1.29, 1.82) is 5.26 Å². The highest BCUT2D eigenvalue weighted by Gasteiger charge is 2.07. The lowest BCUT2D eigenvalue weighted by Gasteiger charge is -2.05. The van der Waals surface area contributed by atoms with E-state index in [1.54, 1.807) is 19.1 Å². The van der Waals surface area contributed by atoms with Gasteiger partial charge in [0.2, 0.25) is 5.16 Å². The lowest BCUT2D eigenvalue weighted by Crippen LogP contribution is -2.32. The van der Waals surface area contributed by atoms with Crippen LogP contribution in [0.3, 0.4) is 0 Å². The van der Waals surface area contributed by atoms with E-state index in [4.69, 9.17) is 11.1 Å². The molecule has 96 valence electrons. The standard InChI is InChI=1S/C12H11N5OS/c1-8-11(18)17(14)12(16-15-8)19-7-10-4-2-9(6-13)3-5-10/h2-5H,7,14H2,1H3. The highest BCUT2D eigenvalue weighted by atomic mass is 32.2. The summed E-state index contributed by atoms with van der Waals surface area (Å²) in [6.45, 7) is 1.56. The molecule has 2 aromatic rings. The second kappa shape index (κ2) is 5.54. The Kier molecular flexibility index (Phi) is 3.82. The molecule has 0 aliphatic rings. The molecule has 0 saturated heterocycles. The monoisotopic (exact) mass is 273 g/mol. The molecule has 0 saturated carbocycles. The maximum Gasteiger partial charge on any atom is 0.294 e. The van der Waals surface area contributed by atoms with E-state index in [0.717, 1.165) is 10.2 Å². The normalized spacial score (nSPS) is 10.1. The van der Waals surface area contributed by atoms with E-state index in [2.05, 4.69) is 16.3 Å². The van der Waals surface area contributed by atoms with Gasteiger partial charge in [-0.25, -0.2) is 0 Å². The minimum Gasteiger partial charge on any atom is -0.334 e. The first-order valence-electron chi connectivity index (χ1n) is 5.45. The van der Waals surface area contributed by atoms with Crippen molar-refractivity contribution in [3.8, 4) is 6.07 Å². The van der Waals surface area contributed by atoms with Crippen LogP contribution in [-0.2, 0) is 5.75 Å². The summed E-state index contributed by atoms with van der Waals surface area (Å²) in [7, 11) is 0. The summed E-state index contributed by atoms with van der Waals surface area (Å²) < 4.78 is 0.997. The molecule has 0 aliphatic heterocycles. The number of nitrogens with zero attached hydrogens (tertiary/aromatic N) is 4. The van der Waals surface area contributed by atoms with Gasteiger partial charge in [-0.2, -0.15) is 9.94 Å². The molecule has 1 aromatic carbocycles. The quantitative estimate of drug-likeness (QED) is 0.657. The van der Waals surface area contributed by atoms with Gasteiger partial charge in [-0.15, -0.1) is 10.2 Å². The number of aromatic nitrogens is 3. The molecule has 1 heterocycles. The molecule has 0 spiro atoms. The maximum absolute atomic E-state index is 11.6. The number of nitrogens with two attached hydrogens (primary N) is 1. The molecular formula is C12H11N5OS. The summed E-state index contributed by atoms with van der Waals surface area (Å²) in [5, 5.41) is 16.7. The van der Waals surface area contributed by atoms with Crippen molar-refractivity contribution < 1.29 is 0 Å². The lowest BCUT2D eigenvalue weighted by atomic mass is 10.2. The van der Waals surface area contributed by atoms with Crippen LogP contribution in [0, 0.1) is 18.3 Å². The molecule has 7 heteroatoms.